The number of amides is 1. The van der Waals surface area contributed by atoms with Gasteiger partial charge in [0.05, 0.1) is 7.11 Å². The minimum atomic E-state index is -0.641. The third-order valence-electron chi connectivity index (χ3n) is 4.77. The number of hydrogen-bond donors (Lipinski definition) is 0. The fourth-order valence-corrected chi connectivity index (χ4v) is 3.59. The Bertz CT molecular complexity index is 1230. The summed E-state index contributed by atoms with van der Waals surface area (Å²) in [6, 6.07) is 16.7. The van der Waals surface area contributed by atoms with Gasteiger partial charge in [-0.3, -0.25) is 4.79 Å². The molecule has 0 aliphatic carbocycles. The molecule has 2 heterocycles. The van der Waals surface area contributed by atoms with Crippen LogP contribution in [0.2, 0.25) is 0 Å². The van der Waals surface area contributed by atoms with Crippen LogP contribution in [0, 0.1) is 11.3 Å². The van der Waals surface area contributed by atoms with Crippen LogP contribution in [0.25, 0.3) is 6.08 Å². The number of methoxy groups -OCH3 is 1. The maximum Gasteiger partial charge on any atom is 0.289 e. The van der Waals surface area contributed by atoms with Crippen molar-refractivity contribution in [2.75, 3.05) is 7.11 Å². The summed E-state index contributed by atoms with van der Waals surface area (Å²) in [5.41, 5.74) is 2.38. The first-order valence-corrected chi connectivity index (χ1v) is 10.2. The van der Waals surface area contributed by atoms with Gasteiger partial charge in [0.15, 0.2) is 5.84 Å². The summed E-state index contributed by atoms with van der Waals surface area (Å²) in [5, 5.41) is 9.55. The molecule has 0 saturated carbocycles. The Kier molecular flexibility index (Phi) is 5.92. The molecule has 0 N–H and O–H groups in total. The molecule has 7 heteroatoms. The first-order valence-electron chi connectivity index (χ1n) is 9.45. The molecule has 2 aliphatic rings. The highest BCUT2D eigenvalue weighted by Gasteiger charge is 2.22. The van der Waals surface area contributed by atoms with Gasteiger partial charge in [0.1, 0.15) is 23.2 Å². The highest BCUT2D eigenvalue weighted by molar-refractivity contribution is 9.11. The van der Waals surface area contributed by atoms with Crippen molar-refractivity contribution in [1.29, 1.82) is 5.26 Å². The van der Waals surface area contributed by atoms with Crippen LogP contribution in [-0.4, -0.2) is 29.6 Å². The predicted molar refractivity (Wildman–Crippen MR) is 124 cm³/mol. The molecule has 0 atom stereocenters. The number of carbonyl (C=O) groups is 1. The number of ether oxygens (including phenoxy) is 1. The van der Waals surface area contributed by atoms with Gasteiger partial charge in [-0.2, -0.15) is 10.3 Å². The molecule has 0 saturated heterocycles. The second-order valence-electron chi connectivity index (χ2n) is 6.79. The van der Waals surface area contributed by atoms with Crippen LogP contribution in [0.4, 0.5) is 0 Å². The first-order chi connectivity index (χ1) is 15.1. The monoisotopic (exact) mass is 472 g/mol. The van der Waals surface area contributed by atoms with E-state index in [0.717, 1.165) is 15.6 Å². The molecular weight excluding hydrogens is 456 g/mol. The number of amidine groups is 2. The summed E-state index contributed by atoms with van der Waals surface area (Å²) < 4.78 is 6.06. The Morgan fingerprint density at radius 2 is 2.00 bits per heavy atom. The number of fused-ring (bicyclic) bond motifs is 2. The highest BCUT2D eigenvalue weighted by Crippen LogP contribution is 2.24. The summed E-state index contributed by atoms with van der Waals surface area (Å²) in [6.07, 6.45) is 7.18. The molecule has 0 unspecified atom stereocenters. The smallest absolute Gasteiger partial charge is 0.289 e. The molecule has 0 spiro atoms. The van der Waals surface area contributed by atoms with Crippen molar-refractivity contribution in [3.05, 3.63) is 93.6 Å². The maximum absolute atomic E-state index is 12.9. The van der Waals surface area contributed by atoms with Gasteiger partial charge >= 0.3 is 0 Å². The molecule has 0 fully saturated rings. The third kappa shape index (κ3) is 4.55. The van der Waals surface area contributed by atoms with E-state index in [0.29, 0.717) is 23.7 Å². The van der Waals surface area contributed by atoms with Crippen molar-refractivity contribution in [2.45, 2.75) is 6.54 Å². The van der Waals surface area contributed by atoms with E-state index in [2.05, 4.69) is 25.9 Å². The lowest BCUT2D eigenvalue weighted by Gasteiger charge is -2.21. The van der Waals surface area contributed by atoms with Crippen LogP contribution in [0.1, 0.15) is 16.7 Å². The SMILES string of the molecule is COc1ccc(/C=C(/C#N)C(=O)N=C2N=C3C=CC(Br)=CN3Cc3ccccc32)cc1. The number of carbonyl (C=O) groups excluding carboxylic acids is 1. The summed E-state index contributed by atoms with van der Waals surface area (Å²) >= 11 is 3.48. The van der Waals surface area contributed by atoms with Crippen LogP contribution >= 0.6 is 15.9 Å². The Labute approximate surface area is 188 Å². The van der Waals surface area contributed by atoms with E-state index in [9.17, 15) is 10.1 Å². The fourth-order valence-electron chi connectivity index (χ4n) is 3.21. The lowest BCUT2D eigenvalue weighted by Crippen LogP contribution is -2.24. The number of benzene rings is 2. The maximum atomic E-state index is 12.9. The molecule has 2 aliphatic heterocycles. The van der Waals surface area contributed by atoms with E-state index in [1.165, 1.54) is 6.08 Å². The van der Waals surface area contributed by atoms with Gasteiger partial charge in [0.2, 0.25) is 0 Å². The van der Waals surface area contributed by atoms with Crippen molar-refractivity contribution >= 4 is 39.6 Å². The van der Waals surface area contributed by atoms with Gasteiger partial charge in [-0.05, 0) is 57.4 Å². The number of nitriles is 1. The van der Waals surface area contributed by atoms with Gasteiger partial charge < -0.3 is 9.64 Å². The Hall–Kier alpha value is -3.76. The molecule has 0 bridgehead atoms. The summed E-state index contributed by atoms with van der Waals surface area (Å²) in [7, 11) is 1.58. The first kappa shape index (κ1) is 20.5. The quantitative estimate of drug-likeness (QED) is 0.483. The summed E-state index contributed by atoms with van der Waals surface area (Å²) in [5.74, 6) is 1.00. The van der Waals surface area contributed by atoms with Gasteiger partial charge in [0.25, 0.3) is 5.91 Å². The van der Waals surface area contributed by atoms with Crippen molar-refractivity contribution in [1.82, 2.24) is 4.90 Å². The lowest BCUT2D eigenvalue weighted by molar-refractivity contribution is -0.113. The van der Waals surface area contributed by atoms with Crippen LogP contribution in [-0.2, 0) is 11.3 Å². The van der Waals surface area contributed by atoms with Crippen LogP contribution in [0.15, 0.2) is 86.9 Å². The van der Waals surface area contributed by atoms with E-state index in [4.69, 9.17) is 4.74 Å². The number of aliphatic imine (C=N–C) groups is 2. The topological polar surface area (TPSA) is 78.0 Å². The van der Waals surface area contributed by atoms with Crippen LogP contribution < -0.4 is 4.74 Å². The number of hydrogen-bond acceptors (Lipinski definition) is 4. The van der Waals surface area contributed by atoms with Crippen molar-refractivity contribution < 1.29 is 9.53 Å². The van der Waals surface area contributed by atoms with Gasteiger partial charge in [0, 0.05) is 22.8 Å². The van der Waals surface area contributed by atoms with Crippen molar-refractivity contribution in [3.8, 4) is 11.8 Å². The van der Waals surface area contributed by atoms with Crippen molar-refractivity contribution in [2.24, 2.45) is 9.98 Å². The molecule has 4 rings (SSSR count). The van der Waals surface area contributed by atoms with Gasteiger partial charge in [-0.25, -0.2) is 4.99 Å². The van der Waals surface area contributed by atoms with E-state index >= 15 is 0 Å². The number of rotatable bonds is 3. The normalized spacial score (nSPS) is 16.5. The summed E-state index contributed by atoms with van der Waals surface area (Å²) in [4.78, 5) is 23.7. The van der Waals surface area contributed by atoms with Crippen LogP contribution in [0.5, 0.6) is 5.75 Å². The molecule has 31 heavy (non-hydrogen) atoms. The average Bonchev–Trinajstić information content (AvgIpc) is 2.94. The Balaban J connectivity index is 1.73. The largest absolute Gasteiger partial charge is 0.497 e. The zero-order chi connectivity index (χ0) is 21.8. The highest BCUT2D eigenvalue weighted by atomic mass is 79.9. The molecule has 2 aromatic carbocycles. The lowest BCUT2D eigenvalue weighted by atomic mass is 10.1. The van der Waals surface area contributed by atoms with Gasteiger partial charge in [-0.1, -0.05) is 36.4 Å². The molecule has 1 amide bonds. The molecule has 152 valence electrons. The number of nitrogens with zero attached hydrogens (tertiary/aromatic N) is 4. The molecule has 0 aromatic heterocycles. The van der Waals surface area contributed by atoms with Crippen molar-refractivity contribution in [3.63, 3.8) is 0 Å². The standard InChI is InChI=1S/C24H17BrN4O2/c1-31-20-9-6-16(7-10-20)12-18(13-26)24(30)28-23-21-5-3-2-4-17(21)14-29-15-19(25)8-11-22(29)27-23/h2-12,15H,14H2,1H3/b18-12-,28-23?. The molecule has 2 aromatic rings. The predicted octanol–water partition coefficient (Wildman–Crippen LogP) is 4.60. The zero-order valence-electron chi connectivity index (χ0n) is 16.6. The molecular formula is C24H17BrN4O2. The van der Waals surface area contributed by atoms with E-state index < -0.39 is 5.91 Å². The molecule has 6 nitrogen and oxygen atoms in total. The van der Waals surface area contributed by atoms with E-state index in [-0.39, 0.29) is 11.4 Å². The minimum Gasteiger partial charge on any atom is -0.497 e. The average molecular weight is 473 g/mol. The second kappa shape index (κ2) is 8.94. The number of halogens is 1. The minimum absolute atomic E-state index is 0.0710. The van der Waals surface area contributed by atoms with E-state index in [1.54, 1.807) is 31.4 Å². The fraction of sp³-hybridized carbons (Fsp3) is 0.0833. The van der Waals surface area contributed by atoms with Gasteiger partial charge in [-0.15, -0.1) is 0 Å². The third-order valence-corrected chi connectivity index (χ3v) is 5.24. The zero-order valence-corrected chi connectivity index (χ0v) is 18.2. The summed E-state index contributed by atoms with van der Waals surface area (Å²) in [6.45, 7) is 0.592. The Morgan fingerprint density at radius 3 is 2.74 bits per heavy atom. The van der Waals surface area contributed by atoms with Crippen LogP contribution in [0.3, 0.4) is 0 Å². The second-order valence-corrected chi connectivity index (χ2v) is 7.70. The Morgan fingerprint density at radius 1 is 1.23 bits per heavy atom. The molecule has 0 radical (unpaired) electrons. The number of allylic oxidation sites excluding steroid dienone is 2. The van der Waals surface area contributed by atoms with E-state index in [1.807, 2.05) is 53.6 Å².